The topological polar surface area (TPSA) is 116 Å². The van der Waals surface area contributed by atoms with Crippen molar-refractivity contribution in [3.63, 3.8) is 0 Å². The number of alkyl carbamates (subject to hydrolysis) is 1. The second-order valence-corrected chi connectivity index (χ2v) is 10.3. The van der Waals surface area contributed by atoms with Crippen molar-refractivity contribution in [3.8, 4) is 5.75 Å². The van der Waals surface area contributed by atoms with Crippen LogP contribution in [0.25, 0.3) is 5.65 Å². The molecule has 2 N–H and O–H groups in total. The number of fused-ring (bicyclic) bond motifs is 1. The summed E-state index contributed by atoms with van der Waals surface area (Å²) in [5, 5.41) is 10.3. The molecule has 1 amide bonds. The Balaban J connectivity index is 1.45. The lowest BCUT2D eigenvalue weighted by Gasteiger charge is -2.23. The monoisotopic (exact) mass is 527 g/mol. The molecule has 0 spiro atoms. The van der Waals surface area contributed by atoms with Gasteiger partial charge in [-0.05, 0) is 71.7 Å². The van der Waals surface area contributed by atoms with Crippen molar-refractivity contribution in [1.29, 1.82) is 0 Å². The molecule has 0 radical (unpaired) electrons. The summed E-state index contributed by atoms with van der Waals surface area (Å²) in [4.78, 5) is 28.9. The fourth-order valence-corrected chi connectivity index (χ4v) is 4.40. The number of halogens is 1. The van der Waals surface area contributed by atoms with Crippen LogP contribution in [0, 0.1) is 5.82 Å². The van der Waals surface area contributed by atoms with Crippen molar-refractivity contribution in [2.75, 3.05) is 11.9 Å². The number of hydrogen-bond acceptors (Lipinski definition) is 8. The number of hydrogen-bond donors (Lipinski definition) is 2. The van der Waals surface area contributed by atoms with E-state index >= 15 is 0 Å². The Bertz CT molecular complexity index is 1300. The summed E-state index contributed by atoms with van der Waals surface area (Å²) in [6.07, 6.45) is 4.63. The number of nitrogens with zero attached hydrogens (tertiary/aromatic N) is 3. The van der Waals surface area contributed by atoms with Gasteiger partial charge in [-0.1, -0.05) is 0 Å². The number of nitrogens with one attached hydrogen (secondary N) is 2. The van der Waals surface area contributed by atoms with Gasteiger partial charge in [0.2, 0.25) is 0 Å². The minimum absolute atomic E-state index is 0.0607. The fourth-order valence-electron chi connectivity index (χ4n) is 4.40. The molecule has 11 heteroatoms. The van der Waals surface area contributed by atoms with Crippen molar-refractivity contribution in [2.45, 2.75) is 77.7 Å². The smallest absolute Gasteiger partial charge is 0.407 e. The van der Waals surface area contributed by atoms with E-state index in [0.29, 0.717) is 29.2 Å². The van der Waals surface area contributed by atoms with Crippen molar-refractivity contribution in [2.24, 2.45) is 0 Å². The fraction of sp³-hybridized carbons (Fsp3) is 0.481. The van der Waals surface area contributed by atoms with Crippen LogP contribution in [0.4, 0.5) is 15.0 Å². The van der Waals surface area contributed by atoms with Gasteiger partial charge in [-0.2, -0.15) is 5.10 Å². The number of amides is 1. The highest BCUT2D eigenvalue weighted by atomic mass is 19.1. The summed E-state index contributed by atoms with van der Waals surface area (Å²) in [7, 11) is 0. The van der Waals surface area contributed by atoms with Gasteiger partial charge in [-0.25, -0.2) is 23.5 Å². The highest BCUT2D eigenvalue weighted by Gasteiger charge is 2.30. The zero-order chi connectivity index (χ0) is 27.4. The lowest BCUT2D eigenvalue weighted by atomic mass is 10.1. The third kappa shape index (κ3) is 6.70. The third-order valence-corrected chi connectivity index (χ3v) is 6.07. The molecule has 0 aliphatic heterocycles. The maximum atomic E-state index is 14.3. The van der Waals surface area contributed by atoms with Gasteiger partial charge in [0.05, 0.1) is 18.8 Å². The van der Waals surface area contributed by atoms with Crippen molar-refractivity contribution < 1.29 is 28.2 Å². The lowest BCUT2D eigenvalue weighted by Crippen LogP contribution is -2.38. The van der Waals surface area contributed by atoms with Crippen LogP contribution >= 0.6 is 0 Å². The standard InChI is InChI=1S/C27H34FN5O5/c1-6-36-25(34)21-15-29-33-12-11-23(32-24(21)33)30-16(2)20-13-17(28)7-10-22(20)37-19-9-8-18(14-19)31-26(35)38-27(3,4)5/h7,10-13,15-16,18-19H,6,8-9,14H2,1-5H3,(H,30,32)(H,31,35)/t16-,18-,19-/m1/s1. The Morgan fingerprint density at radius 3 is 2.76 bits per heavy atom. The second kappa shape index (κ2) is 11.2. The van der Waals surface area contributed by atoms with Gasteiger partial charge in [0, 0.05) is 24.2 Å². The Morgan fingerprint density at radius 1 is 1.24 bits per heavy atom. The summed E-state index contributed by atoms with van der Waals surface area (Å²) >= 11 is 0. The summed E-state index contributed by atoms with van der Waals surface area (Å²) < 4.78 is 32.5. The number of esters is 1. The number of carbonyl (C=O) groups is 2. The van der Waals surface area contributed by atoms with Crippen LogP contribution in [0.5, 0.6) is 5.75 Å². The van der Waals surface area contributed by atoms with Crippen molar-refractivity contribution >= 4 is 23.5 Å². The predicted molar refractivity (Wildman–Crippen MR) is 139 cm³/mol. The van der Waals surface area contributed by atoms with Gasteiger partial charge in [0.15, 0.2) is 5.65 Å². The first kappa shape index (κ1) is 27.2. The van der Waals surface area contributed by atoms with E-state index in [9.17, 15) is 14.0 Å². The van der Waals surface area contributed by atoms with Gasteiger partial charge < -0.3 is 24.8 Å². The van der Waals surface area contributed by atoms with E-state index in [1.54, 1.807) is 25.3 Å². The second-order valence-electron chi connectivity index (χ2n) is 10.3. The maximum Gasteiger partial charge on any atom is 0.407 e. The summed E-state index contributed by atoms with van der Waals surface area (Å²) in [6.45, 7) is 9.31. The van der Waals surface area contributed by atoms with Crippen LogP contribution in [0.15, 0.2) is 36.7 Å². The molecule has 38 heavy (non-hydrogen) atoms. The Hall–Kier alpha value is -3.89. The molecule has 2 heterocycles. The predicted octanol–water partition coefficient (Wildman–Crippen LogP) is 5.04. The molecule has 1 aliphatic carbocycles. The molecular weight excluding hydrogens is 493 g/mol. The number of benzene rings is 1. The maximum absolute atomic E-state index is 14.3. The highest BCUT2D eigenvalue weighted by molar-refractivity contribution is 5.95. The molecule has 204 valence electrons. The molecule has 3 aromatic rings. The average molecular weight is 528 g/mol. The molecule has 4 rings (SSSR count). The van der Waals surface area contributed by atoms with E-state index in [-0.39, 0.29) is 36.2 Å². The zero-order valence-corrected chi connectivity index (χ0v) is 22.3. The molecule has 0 unspecified atom stereocenters. The molecule has 0 saturated heterocycles. The van der Waals surface area contributed by atoms with Gasteiger partial charge in [0.25, 0.3) is 0 Å². The van der Waals surface area contributed by atoms with Gasteiger partial charge >= 0.3 is 12.1 Å². The highest BCUT2D eigenvalue weighted by Crippen LogP contribution is 2.32. The van der Waals surface area contributed by atoms with E-state index in [2.05, 4.69) is 20.7 Å². The molecular formula is C27H34FN5O5. The molecule has 0 bridgehead atoms. The first-order valence-corrected chi connectivity index (χ1v) is 12.8. The van der Waals surface area contributed by atoms with Crippen molar-refractivity contribution in [3.05, 3.63) is 53.6 Å². The first-order chi connectivity index (χ1) is 18.0. The number of rotatable bonds is 8. The zero-order valence-electron chi connectivity index (χ0n) is 22.3. The minimum Gasteiger partial charge on any atom is -0.490 e. The molecule has 1 aliphatic rings. The number of carbonyl (C=O) groups excluding carboxylic acids is 2. The van der Waals surface area contributed by atoms with Crippen LogP contribution in [0.1, 0.15) is 75.8 Å². The van der Waals surface area contributed by atoms with Crippen LogP contribution in [0.2, 0.25) is 0 Å². The normalized spacial score (nSPS) is 18.2. The largest absolute Gasteiger partial charge is 0.490 e. The lowest BCUT2D eigenvalue weighted by molar-refractivity contribution is 0.0498. The van der Waals surface area contributed by atoms with Crippen LogP contribution in [-0.4, -0.2) is 51.0 Å². The minimum atomic E-state index is -0.567. The Kier molecular flexibility index (Phi) is 8.03. The van der Waals surface area contributed by atoms with Crippen molar-refractivity contribution in [1.82, 2.24) is 19.9 Å². The van der Waals surface area contributed by atoms with Crippen LogP contribution in [0.3, 0.4) is 0 Å². The summed E-state index contributed by atoms with van der Waals surface area (Å²) in [5.41, 5.74) is 0.664. The van der Waals surface area contributed by atoms with E-state index in [1.807, 2.05) is 27.7 Å². The quantitative estimate of drug-likeness (QED) is 0.391. The van der Waals surface area contributed by atoms with Crippen LogP contribution in [-0.2, 0) is 9.47 Å². The average Bonchev–Trinajstić information content (AvgIpc) is 3.45. The van der Waals surface area contributed by atoms with Gasteiger partial charge in [-0.3, -0.25) is 0 Å². The molecule has 10 nitrogen and oxygen atoms in total. The van der Waals surface area contributed by atoms with E-state index in [1.165, 1.54) is 22.8 Å². The molecule has 1 fully saturated rings. The molecule has 1 aromatic carbocycles. The molecule has 2 aromatic heterocycles. The summed E-state index contributed by atoms with van der Waals surface area (Å²) in [5.74, 6) is 0.137. The first-order valence-electron chi connectivity index (χ1n) is 12.8. The van der Waals surface area contributed by atoms with E-state index in [4.69, 9.17) is 14.2 Å². The van der Waals surface area contributed by atoms with E-state index < -0.39 is 17.7 Å². The number of aromatic nitrogens is 3. The number of anilines is 1. The molecule has 3 atom stereocenters. The van der Waals surface area contributed by atoms with Gasteiger partial charge in [-0.15, -0.1) is 0 Å². The Labute approximate surface area is 220 Å². The van der Waals surface area contributed by atoms with Crippen LogP contribution < -0.4 is 15.4 Å². The number of ether oxygens (including phenoxy) is 3. The molecule has 1 saturated carbocycles. The third-order valence-electron chi connectivity index (χ3n) is 6.07. The Morgan fingerprint density at radius 2 is 2.03 bits per heavy atom. The van der Waals surface area contributed by atoms with E-state index in [0.717, 1.165) is 12.8 Å². The SMILES string of the molecule is CCOC(=O)c1cnn2ccc(N[C@H](C)c3cc(F)ccc3O[C@@H]3CC[C@@H](NC(=O)OC(C)(C)C)C3)nc12. The van der Waals surface area contributed by atoms with Gasteiger partial charge in [0.1, 0.15) is 34.7 Å². The summed E-state index contributed by atoms with van der Waals surface area (Å²) in [6, 6.07) is 5.69.